The van der Waals surface area contributed by atoms with E-state index in [1.165, 1.54) is 10.7 Å². The SMILES string of the molecule is Cc1cc([N+](=O)[O-])nn1CCC(=O)NC(C)c1cccc(-n2cccc2)c1. The number of nitrogens with one attached hydrogen (secondary N) is 1. The van der Waals surface area contributed by atoms with Gasteiger partial charge >= 0.3 is 5.82 Å². The lowest BCUT2D eigenvalue weighted by atomic mass is 10.1. The van der Waals surface area contributed by atoms with Crippen LogP contribution >= 0.6 is 0 Å². The van der Waals surface area contributed by atoms with Gasteiger partial charge in [0.15, 0.2) is 0 Å². The molecule has 8 nitrogen and oxygen atoms in total. The summed E-state index contributed by atoms with van der Waals surface area (Å²) in [5.74, 6) is -0.338. The number of nitro groups is 1. The van der Waals surface area contributed by atoms with Crippen LogP contribution in [0.4, 0.5) is 5.82 Å². The number of hydrogen-bond acceptors (Lipinski definition) is 4. The summed E-state index contributed by atoms with van der Waals surface area (Å²) < 4.78 is 3.49. The highest BCUT2D eigenvalue weighted by Crippen LogP contribution is 2.17. The molecular weight excluding hydrogens is 346 g/mol. The van der Waals surface area contributed by atoms with Gasteiger partial charge in [0, 0.05) is 24.5 Å². The topological polar surface area (TPSA) is 95.0 Å². The van der Waals surface area contributed by atoms with Gasteiger partial charge in [-0.15, -0.1) is 0 Å². The van der Waals surface area contributed by atoms with Gasteiger partial charge in [-0.1, -0.05) is 12.1 Å². The van der Waals surface area contributed by atoms with Gasteiger partial charge in [0.2, 0.25) is 5.91 Å². The molecule has 0 saturated carbocycles. The van der Waals surface area contributed by atoms with E-state index in [1.54, 1.807) is 6.92 Å². The molecule has 0 spiro atoms. The Morgan fingerprint density at radius 2 is 2.00 bits per heavy atom. The van der Waals surface area contributed by atoms with Gasteiger partial charge in [-0.2, -0.15) is 4.68 Å². The van der Waals surface area contributed by atoms with Crippen molar-refractivity contribution < 1.29 is 9.72 Å². The summed E-state index contributed by atoms with van der Waals surface area (Å²) in [5.41, 5.74) is 2.68. The predicted molar refractivity (Wildman–Crippen MR) is 101 cm³/mol. The second-order valence-corrected chi connectivity index (χ2v) is 6.35. The molecule has 1 amide bonds. The zero-order valence-corrected chi connectivity index (χ0v) is 15.2. The van der Waals surface area contributed by atoms with E-state index in [9.17, 15) is 14.9 Å². The Balaban J connectivity index is 1.59. The minimum atomic E-state index is -0.538. The highest BCUT2D eigenvalue weighted by atomic mass is 16.6. The van der Waals surface area contributed by atoms with Crippen molar-refractivity contribution in [3.05, 3.63) is 76.2 Å². The number of amides is 1. The largest absolute Gasteiger partial charge is 0.390 e. The van der Waals surface area contributed by atoms with Crippen LogP contribution in [-0.2, 0) is 11.3 Å². The lowest BCUT2D eigenvalue weighted by Crippen LogP contribution is -2.27. The first-order chi connectivity index (χ1) is 12.9. The molecule has 27 heavy (non-hydrogen) atoms. The van der Waals surface area contributed by atoms with E-state index in [0.29, 0.717) is 12.2 Å². The van der Waals surface area contributed by atoms with E-state index in [4.69, 9.17) is 0 Å². The maximum Gasteiger partial charge on any atom is 0.390 e. The average molecular weight is 367 g/mol. The van der Waals surface area contributed by atoms with Crippen molar-refractivity contribution in [2.45, 2.75) is 32.9 Å². The molecule has 0 aliphatic carbocycles. The molecule has 2 aromatic heterocycles. The Morgan fingerprint density at radius 1 is 1.26 bits per heavy atom. The second-order valence-electron chi connectivity index (χ2n) is 6.35. The van der Waals surface area contributed by atoms with E-state index in [1.807, 2.05) is 60.3 Å². The first-order valence-electron chi connectivity index (χ1n) is 8.65. The summed E-state index contributed by atoms with van der Waals surface area (Å²) in [4.78, 5) is 22.5. The molecule has 0 aliphatic heterocycles. The van der Waals surface area contributed by atoms with E-state index >= 15 is 0 Å². The first kappa shape index (κ1) is 18.4. The van der Waals surface area contributed by atoms with Crippen LogP contribution in [0.15, 0.2) is 54.9 Å². The Bertz CT molecular complexity index is 946. The van der Waals surface area contributed by atoms with Gasteiger partial charge in [0.05, 0.1) is 29.4 Å². The Labute approximate surface area is 156 Å². The molecule has 0 saturated heterocycles. The number of benzene rings is 1. The van der Waals surface area contributed by atoms with E-state index in [-0.39, 0.29) is 24.2 Å². The molecule has 140 valence electrons. The fraction of sp³-hybridized carbons (Fsp3) is 0.263. The van der Waals surface area contributed by atoms with Crippen molar-refractivity contribution in [3.63, 3.8) is 0 Å². The van der Waals surface area contributed by atoms with Crippen LogP contribution < -0.4 is 5.32 Å². The summed E-state index contributed by atoms with van der Waals surface area (Å²) >= 11 is 0. The van der Waals surface area contributed by atoms with Crippen LogP contribution in [0.25, 0.3) is 5.69 Å². The standard InChI is InChI=1S/C19H21N5O3/c1-14-12-18(24(26)27)21-23(14)11-8-19(25)20-15(2)16-6-5-7-17(13-16)22-9-3-4-10-22/h3-7,9-10,12-13,15H,8,11H2,1-2H3,(H,20,25). The zero-order chi connectivity index (χ0) is 19.4. The van der Waals surface area contributed by atoms with Crippen LogP contribution in [0.3, 0.4) is 0 Å². The van der Waals surface area contributed by atoms with Crippen molar-refractivity contribution in [3.8, 4) is 5.69 Å². The number of carbonyl (C=O) groups excluding carboxylic acids is 1. The molecule has 0 bridgehead atoms. The fourth-order valence-electron chi connectivity index (χ4n) is 2.87. The quantitative estimate of drug-likeness (QED) is 0.512. The summed E-state index contributed by atoms with van der Waals surface area (Å²) in [6.07, 6.45) is 4.13. The van der Waals surface area contributed by atoms with Gasteiger partial charge in [-0.3, -0.25) is 4.79 Å². The molecule has 0 fully saturated rings. The van der Waals surface area contributed by atoms with E-state index < -0.39 is 4.92 Å². The molecule has 3 rings (SSSR count). The molecule has 3 aromatic rings. The maximum atomic E-state index is 12.3. The van der Waals surface area contributed by atoms with Gasteiger partial charge < -0.3 is 20.0 Å². The van der Waals surface area contributed by atoms with Crippen molar-refractivity contribution in [2.24, 2.45) is 0 Å². The van der Waals surface area contributed by atoms with Gasteiger partial charge in [-0.05, 0) is 48.6 Å². The fourth-order valence-corrected chi connectivity index (χ4v) is 2.87. The normalized spacial score (nSPS) is 11.9. The van der Waals surface area contributed by atoms with Crippen LogP contribution in [0, 0.1) is 17.0 Å². The van der Waals surface area contributed by atoms with Crippen LogP contribution in [-0.4, -0.2) is 25.2 Å². The third-order valence-electron chi connectivity index (χ3n) is 4.36. The molecule has 1 aromatic carbocycles. The minimum Gasteiger partial charge on any atom is -0.358 e. The van der Waals surface area contributed by atoms with Gasteiger partial charge in [0.1, 0.15) is 0 Å². The number of hydrogen-bond donors (Lipinski definition) is 1. The summed E-state index contributed by atoms with van der Waals surface area (Å²) in [6.45, 7) is 3.95. The smallest absolute Gasteiger partial charge is 0.358 e. The molecular formula is C19H21N5O3. The van der Waals surface area contributed by atoms with E-state index in [0.717, 1.165) is 11.3 Å². The molecule has 0 radical (unpaired) electrons. The third-order valence-corrected chi connectivity index (χ3v) is 4.36. The molecule has 0 aliphatic rings. The Kier molecular flexibility index (Phi) is 5.35. The number of aryl methyl sites for hydroxylation is 2. The monoisotopic (exact) mass is 367 g/mol. The van der Waals surface area contributed by atoms with Crippen molar-refractivity contribution in [1.82, 2.24) is 19.7 Å². The number of carbonyl (C=O) groups is 1. The molecule has 1 unspecified atom stereocenters. The summed E-state index contributed by atoms with van der Waals surface area (Å²) in [5, 5.41) is 17.6. The van der Waals surface area contributed by atoms with Crippen LogP contribution in [0.2, 0.25) is 0 Å². The summed E-state index contributed by atoms with van der Waals surface area (Å²) in [6, 6.07) is 13.1. The van der Waals surface area contributed by atoms with Crippen molar-refractivity contribution in [1.29, 1.82) is 0 Å². The highest BCUT2D eigenvalue weighted by molar-refractivity contribution is 5.76. The zero-order valence-electron chi connectivity index (χ0n) is 15.2. The third kappa shape index (κ3) is 4.41. The number of rotatable bonds is 7. The average Bonchev–Trinajstić information content (AvgIpc) is 3.30. The molecule has 8 heteroatoms. The Hall–Kier alpha value is -3.42. The lowest BCUT2D eigenvalue weighted by molar-refractivity contribution is -0.389. The van der Waals surface area contributed by atoms with Crippen molar-refractivity contribution in [2.75, 3.05) is 0 Å². The van der Waals surface area contributed by atoms with Crippen molar-refractivity contribution >= 4 is 11.7 Å². The number of nitrogens with zero attached hydrogens (tertiary/aromatic N) is 4. The van der Waals surface area contributed by atoms with Crippen LogP contribution in [0.5, 0.6) is 0 Å². The summed E-state index contributed by atoms with van der Waals surface area (Å²) in [7, 11) is 0. The maximum absolute atomic E-state index is 12.3. The van der Waals surface area contributed by atoms with E-state index in [2.05, 4.69) is 10.4 Å². The second kappa shape index (κ2) is 7.86. The predicted octanol–water partition coefficient (Wildman–Crippen LogP) is 3.16. The highest BCUT2D eigenvalue weighted by Gasteiger charge is 2.17. The molecule has 1 atom stereocenters. The minimum absolute atomic E-state index is 0.133. The first-order valence-corrected chi connectivity index (χ1v) is 8.65. The molecule has 2 heterocycles. The van der Waals surface area contributed by atoms with Crippen LogP contribution in [0.1, 0.15) is 30.6 Å². The lowest BCUT2D eigenvalue weighted by Gasteiger charge is -2.15. The van der Waals surface area contributed by atoms with Gasteiger partial charge in [0.25, 0.3) is 0 Å². The Morgan fingerprint density at radius 3 is 2.67 bits per heavy atom. The van der Waals surface area contributed by atoms with Gasteiger partial charge in [-0.25, -0.2) is 0 Å². The molecule has 1 N–H and O–H groups in total. The number of aromatic nitrogens is 3.